The van der Waals surface area contributed by atoms with Gasteiger partial charge in [-0.05, 0) is 75.9 Å². The summed E-state index contributed by atoms with van der Waals surface area (Å²) in [4.78, 5) is 31.7. The molecule has 3 aliphatic rings. The second-order valence-electron chi connectivity index (χ2n) is 11.0. The molecule has 0 radical (unpaired) electrons. The fourth-order valence-electron chi connectivity index (χ4n) is 6.03. The van der Waals surface area contributed by atoms with E-state index in [1.165, 1.54) is 12.8 Å². The summed E-state index contributed by atoms with van der Waals surface area (Å²) in [6.45, 7) is 7.23. The minimum absolute atomic E-state index is 0.0648. The Morgan fingerprint density at radius 3 is 2.64 bits per heavy atom. The molecule has 0 saturated carbocycles. The van der Waals surface area contributed by atoms with Gasteiger partial charge in [-0.25, -0.2) is 9.97 Å². The standard InChI is InChI=1S/C30H39N7O2/c38-30(33-11-16-36-12-1-2-13-36)22-5-14-37(15-6-22)29-26-4-9-31-21-24(26)19-27(35-29)23-3-10-32-28(20-23)34-25-7-17-39-18-8-25/h3-4,9-10,19-22,25H,1-2,5-8,11-18H2,(H,32,34)(H,33,38). The Hall–Kier alpha value is -3.30. The van der Waals surface area contributed by atoms with Gasteiger partial charge in [-0.15, -0.1) is 0 Å². The van der Waals surface area contributed by atoms with E-state index in [0.29, 0.717) is 6.04 Å². The number of aromatic nitrogens is 3. The van der Waals surface area contributed by atoms with Gasteiger partial charge in [-0.2, -0.15) is 0 Å². The number of carbonyl (C=O) groups is 1. The summed E-state index contributed by atoms with van der Waals surface area (Å²) in [5.74, 6) is 2.10. The van der Waals surface area contributed by atoms with E-state index in [2.05, 4.69) is 42.5 Å². The molecule has 9 heteroatoms. The van der Waals surface area contributed by atoms with Crippen molar-refractivity contribution in [1.82, 2.24) is 25.2 Å². The summed E-state index contributed by atoms with van der Waals surface area (Å²) in [5.41, 5.74) is 1.93. The zero-order valence-corrected chi connectivity index (χ0v) is 22.6. The first kappa shape index (κ1) is 26.0. The van der Waals surface area contributed by atoms with Crippen molar-refractivity contribution in [2.45, 2.75) is 44.6 Å². The molecular weight excluding hydrogens is 490 g/mol. The van der Waals surface area contributed by atoms with E-state index < -0.39 is 0 Å². The van der Waals surface area contributed by atoms with E-state index in [1.807, 2.05) is 30.7 Å². The number of rotatable bonds is 8. The third-order valence-corrected chi connectivity index (χ3v) is 8.33. The lowest BCUT2D eigenvalue weighted by molar-refractivity contribution is -0.125. The predicted octanol–water partition coefficient (Wildman–Crippen LogP) is 3.71. The van der Waals surface area contributed by atoms with Crippen molar-refractivity contribution in [2.75, 3.05) is 62.7 Å². The third-order valence-electron chi connectivity index (χ3n) is 8.33. The molecule has 0 aliphatic carbocycles. The fourth-order valence-corrected chi connectivity index (χ4v) is 6.03. The van der Waals surface area contributed by atoms with E-state index in [1.54, 1.807) is 0 Å². The smallest absolute Gasteiger partial charge is 0.223 e. The van der Waals surface area contributed by atoms with Gasteiger partial charge in [0.25, 0.3) is 0 Å². The molecular formula is C30H39N7O2. The van der Waals surface area contributed by atoms with E-state index in [0.717, 1.165) is 112 Å². The van der Waals surface area contributed by atoms with Crippen LogP contribution in [0.25, 0.3) is 22.0 Å². The Morgan fingerprint density at radius 1 is 1.00 bits per heavy atom. The summed E-state index contributed by atoms with van der Waals surface area (Å²) in [6, 6.07) is 8.64. The van der Waals surface area contributed by atoms with Crippen LogP contribution in [0.2, 0.25) is 0 Å². The predicted molar refractivity (Wildman–Crippen MR) is 154 cm³/mol. The lowest BCUT2D eigenvalue weighted by Gasteiger charge is -2.33. The number of carbonyl (C=O) groups excluding carboxylic acids is 1. The Labute approximate surface area is 230 Å². The van der Waals surface area contributed by atoms with Crippen molar-refractivity contribution < 1.29 is 9.53 Å². The Kier molecular flexibility index (Phi) is 8.16. The lowest BCUT2D eigenvalue weighted by Crippen LogP contribution is -2.42. The number of nitrogens with one attached hydrogen (secondary N) is 2. The van der Waals surface area contributed by atoms with Crippen LogP contribution >= 0.6 is 0 Å². The third kappa shape index (κ3) is 6.31. The van der Waals surface area contributed by atoms with Crippen LogP contribution in [-0.4, -0.2) is 84.3 Å². The molecule has 1 amide bonds. The summed E-state index contributed by atoms with van der Waals surface area (Å²) in [7, 11) is 0. The van der Waals surface area contributed by atoms with E-state index in [-0.39, 0.29) is 11.8 Å². The quantitative estimate of drug-likeness (QED) is 0.456. The number of piperidine rings is 1. The Morgan fingerprint density at radius 2 is 1.82 bits per heavy atom. The molecule has 0 unspecified atom stereocenters. The highest BCUT2D eigenvalue weighted by molar-refractivity contribution is 5.94. The van der Waals surface area contributed by atoms with Gasteiger partial charge in [0.05, 0.1) is 5.69 Å². The van der Waals surface area contributed by atoms with Crippen molar-refractivity contribution in [3.63, 3.8) is 0 Å². The summed E-state index contributed by atoms with van der Waals surface area (Å²) in [5, 5.41) is 8.92. The van der Waals surface area contributed by atoms with Crippen LogP contribution in [0.15, 0.2) is 42.9 Å². The van der Waals surface area contributed by atoms with Crippen LogP contribution < -0.4 is 15.5 Å². The first-order chi connectivity index (χ1) is 19.2. The number of anilines is 2. The fraction of sp³-hybridized carbons (Fsp3) is 0.533. The van der Waals surface area contributed by atoms with Crippen LogP contribution in [-0.2, 0) is 9.53 Å². The van der Waals surface area contributed by atoms with Gasteiger partial charge in [0.1, 0.15) is 11.6 Å². The van der Waals surface area contributed by atoms with Crippen molar-refractivity contribution in [3.8, 4) is 11.3 Å². The van der Waals surface area contributed by atoms with Crippen LogP contribution in [0, 0.1) is 5.92 Å². The number of pyridine rings is 3. The lowest BCUT2D eigenvalue weighted by atomic mass is 9.95. The molecule has 3 aromatic heterocycles. The van der Waals surface area contributed by atoms with Gasteiger partial charge in [0.2, 0.25) is 5.91 Å². The molecule has 6 heterocycles. The minimum Gasteiger partial charge on any atom is -0.381 e. The van der Waals surface area contributed by atoms with E-state index >= 15 is 0 Å². The van der Waals surface area contributed by atoms with Gasteiger partial charge >= 0.3 is 0 Å². The molecule has 0 spiro atoms. The highest BCUT2D eigenvalue weighted by atomic mass is 16.5. The van der Waals surface area contributed by atoms with Gasteiger partial charge in [0.15, 0.2) is 0 Å². The maximum atomic E-state index is 12.9. The number of fused-ring (bicyclic) bond motifs is 1. The zero-order valence-electron chi connectivity index (χ0n) is 22.6. The monoisotopic (exact) mass is 529 g/mol. The maximum absolute atomic E-state index is 12.9. The molecule has 9 nitrogen and oxygen atoms in total. The van der Waals surface area contributed by atoms with Crippen LogP contribution in [0.5, 0.6) is 0 Å². The molecule has 0 bridgehead atoms. The molecule has 6 rings (SSSR count). The number of likely N-dealkylation sites (tertiary alicyclic amines) is 1. The molecule has 0 aromatic carbocycles. The number of nitrogens with zero attached hydrogens (tertiary/aromatic N) is 5. The van der Waals surface area contributed by atoms with Crippen LogP contribution in [0.4, 0.5) is 11.6 Å². The summed E-state index contributed by atoms with van der Waals surface area (Å²) >= 11 is 0. The number of hydrogen-bond acceptors (Lipinski definition) is 8. The van der Waals surface area contributed by atoms with Gasteiger partial charge in [-0.3, -0.25) is 9.78 Å². The average Bonchev–Trinajstić information content (AvgIpc) is 3.51. The number of hydrogen-bond donors (Lipinski definition) is 2. The van der Waals surface area contributed by atoms with Crippen molar-refractivity contribution in [2.24, 2.45) is 5.92 Å². The summed E-state index contributed by atoms with van der Waals surface area (Å²) < 4.78 is 5.49. The van der Waals surface area contributed by atoms with Gasteiger partial charge < -0.3 is 25.2 Å². The van der Waals surface area contributed by atoms with Crippen molar-refractivity contribution in [1.29, 1.82) is 0 Å². The molecule has 3 saturated heterocycles. The molecule has 3 aliphatic heterocycles. The van der Waals surface area contributed by atoms with Gasteiger partial charge in [-0.1, -0.05) is 0 Å². The topological polar surface area (TPSA) is 95.5 Å². The minimum atomic E-state index is 0.0648. The largest absolute Gasteiger partial charge is 0.381 e. The molecule has 0 atom stereocenters. The van der Waals surface area contributed by atoms with Crippen LogP contribution in [0.1, 0.15) is 38.5 Å². The first-order valence-electron chi connectivity index (χ1n) is 14.5. The molecule has 206 valence electrons. The normalized spacial score (nSPS) is 19.4. The highest BCUT2D eigenvalue weighted by Gasteiger charge is 2.27. The van der Waals surface area contributed by atoms with Crippen LogP contribution in [0.3, 0.4) is 0 Å². The van der Waals surface area contributed by atoms with Crippen molar-refractivity contribution >= 4 is 28.3 Å². The number of amides is 1. The van der Waals surface area contributed by atoms with E-state index in [4.69, 9.17) is 9.72 Å². The summed E-state index contributed by atoms with van der Waals surface area (Å²) in [6.07, 6.45) is 11.8. The highest BCUT2D eigenvalue weighted by Crippen LogP contribution is 2.32. The number of ether oxygens (including phenoxy) is 1. The average molecular weight is 530 g/mol. The molecule has 2 N–H and O–H groups in total. The Balaban J connectivity index is 1.15. The SMILES string of the molecule is O=C(NCCN1CCCC1)C1CCN(c2nc(-c3ccnc(NC4CCOCC4)c3)cc3cnccc23)CC1. The molecule has 3 fully saturated rings. The second kappa shape index (κ2) is 12.3. The zero-order chi connectivity index (χ0) is 26.4. The maximum Gasteiger partial charge on any atom is 0.223 e. The van der Waals surface area contributed by atoms with Crippen molar-refractivity contribution in [3.05, 3.63) is 42.9 Å². The first-order valence-corrected chi connectivity index (χ1v) is 14.5. The molecule has 3 aromatic rings. The second-order valence-corrected chi connectivity index (χ2v) is 11.0. The van der Waals surface area contributed by atoms with Gasteiger partial charge in [0, 0.05) is 86.3 Å². The van der Waals surface area contributed by atoms with E-state index in [9.17, 15) is 4.79 Å². The molecule has 39 heavy (non-hydrogen) atoms. The Bertz CT molecular complexity index is 1270.